The van der Waals surface area contributed by atoms with Crippen LogP contribution in [0.1, 0.15) is 30.5 Å². The molecule has 1 saturated heterocycles. The lowest BCUT2D eigenvalue weighted by atomic mass is 10.0. The standard InChI is InChI=1S/C13H17F2NS/c1-3-9-6-17-7-13(16-9)10-5-11(14)8(2)4-12(10)15/h4-5,9,13,16H,3,6-7H2,1-2H3. The van der Waals surface area contributed by atoms with Gasteiger partial charge in [-0.1, -0.05) is 6.92 Å². The van der Waals surface area contributed by atoms with Crippen molar-refractivity contribution in [2.45, 2.75) is 32.4 Å². The quantitative estimate of drug-likeness (QED) is 0.871. The summed E-state index contributed by atoms with van der Waals surface area (Å²) in [6, 6.07) is 2.93. The first-order valence-corrected chi connectivity index (χ1v) is 7.06. The predicted octanol–water partition coefficient (Wildman–Crippen LogP) is 3.43. The van der Waals surface area contributed by atoms with Gasteiger partial charge in [0, 0.05) is 29.2 Å². The summed E-state index contributed by atoms with van der Waals surface area (Å²) in [5.41, 5.74) is 0.820. The minimum atomic E-state index is -0.327. The van der Waals surface area contributed by atoms with E-state index in [2.05, 4.69) is 12.2 Å². The lowest BCUT2D eigenvalue weighted by Gasteiger charge is -2.30. The first kappa shape index (κ1) is 12.8. The zero-order valence-electron chi connectivity index (χ0n) is 10.1. The summed E-state index contributed by atoms with van der Waals surface area (Å²) in [6.45, 7) is 3.69. The molecule has 1 aliphatic heterocycles. The molecule has 94 valence electrons. The highest BCUT2D eigenvalue weighted by Gasteiger charge is 2.24. The second-order valence-electron chi connectivity index (χ2n) is 4.48. The van der Waals surface area contributed by atoms with Crippen LogP contribution in [0.3, 0.4) is 0 Å². The van der Waals surface area contributed by atoms with Crippen LogP contribution in [0.15, 0.2) is 12.1 Å². The minimum Gasteiger partial charge on any atom is -0.306 e. The molecule has 1 fully saturated rings. The maximum Gasteiger partial charge on any atom is 0.128 e. The molecule has 1 aromatic rings. The summed E-state index contributed by atoms with van der Waals surface area (Å²) in [4.78, 5) is 0. The molecule has 0 bridgehead atoms. The molecule has 1 nitrogen and oxygen atoms in total. The SMILES string of the molecule is CCC1CSCC(c2cc(F)c(C)cc2F)N1. The molecule has 2 atom stereocenters. The summed E-state index contributed by atoms with van der Waals surface area (Å²) in [6.07, 6.45) is 1.01. The van der Waals surface area contributed by atoms with Gasteiger partial charge in [-0.2, -0.15) is 11.8 Å². The Morgan fingerprint density at radius 1 is 1.29 bits per heavy atom. The molecule has 4 heteroatoms. The van der Waals surface area contributed by atoms with Crippen molar-refractivity contribution in [3.05, 3.63) is 34.9 Å². The molecular formula is C13H17F2NS. The average Bonchev–Trinajstić information content (AvgIpc) is 2.34. The molecule has 2 rings (SSSR count). The highest BCUT2D eigenvalue weighted by atomic mass is 32.2. The van der Waals surface area contributed by atoms with Crippen LogP contribution in [0, 0.1) is 18.6 Å². The van der Waals surface area contributed by atoms with Crippen molar-refractivity contribution >= 4 is 11.8 Å². The number of nitrogens with one attached hydrogen (secondary N) is 1. The van der Waals surface area contributed by atoms with Gasteiger partial charge < -0.3 is 5.32 Å². The summed E-state index contributed by atoms with van der Waals surface area (Å²) >= 11 is 1.80. The van der Waals surface area contributed by atoms with Crippen LogP contribution in [0.5, 0.6) is 0 Å². The summed E-state index contributed by atoms with van der Waals surface area (Å²) in [5.74, 6) is 1.21. The third-order valence-electron chi connectivity index (χ3n) is 3.19. The van der Waals surface area contributed by atoms with Crippen molar-refractivity contribution in [1.82, 2.24) is 5.32 Å². The zero-order valence-corrected chi connectivity index (χ0v) is 10.9. The Kier molecular flexibility index (Phi) is 4.05. The van der Waals surface area contributed by atoms with Crippen molar-refractivity contribution < 1.29 is 8.78 Å². The lowest BCUT2D eigenvalue weighted by molar-refractivity contribution is 0.448. The first-order valence-electron chi connectivity index (χ1n) is 5.91. The Morgan fingerprint density at radius 2 is 2.06 bits per heavy atom. The molecule has 1 heterocycles. The third kappa shape index (κ3) is 2.80. The van der Waals surface area contributed by atoms with Gasteiger partial charge in [-0.15, -0.1) is 0 Å². The van der Waals surface area contributed by atoms with Crippen LogP contribution in [0.4, 0.5) is 8.78 Å². The van der Waals surface area contributed by atoms with Crippen molar-refractivity contribution in [3.63, 3.8) is 0 Å². The number of rotatable bonds is 2. The fourth-order valence-corrected chi connectivity index (χ4v) is 3.32. The Labute approximate surface area is 105 Å². The van der Waals surface area contributed by atoms with E-state index in [1.807, 2.05) is 0 Å². The molecule has 2 unspecified atom stereocenters. The Bertz CT molecular complexity index is 409. The van der Waals surface area contributed by atoms with Gasteiger partial charge in [0.15, 0.2) is 0 Å². The highest BCUT2D eigenvalue weighted by Crippen LogP contribution is 2.28. The van der Waals surface area contributed by atoms with Gasteiger partial charge in [0.2, 0.25) is 0 Å². The van der Waals surface area contributed by atoms with Gasteiger partial charge >= 0.3 is 0 Å². The van der Waals surface area contributed by atoms with E-state index >= 15 is 0 Å². The lowest BCUT2D eigenvalue weighted by Crippen LogP contribution is -2.40. The van der Waals surface area contributed by atoms with E-state index in [1.165, 1.54) is 12.1 Å². The number of thioether (sulfide) groups is 1. The van der Waals surface area contributed by atoms with Crippen LogP contribution < -0.4 is 5.32 Å². The molecular weight excluding hydrogens is 240 g/mol. The van der Waals surface area contributed by atoms with Crippen molar-refractivity contribution in [2.24, 2.45) is 0 Å². The smallest absolute Gasteiger partial charge is 0.128 e. The second kappa shape index (κ2) is 5.36. The Morgan fingerprint density at radius 3 is 2.76 bits per heavy atom. The molecule has 0 aliphatic carbocycles. The molecule has 1 N–H and O–H groups in total. The van der Waals surface area contributed by atoms with Crippen molar-refractivity contribution in [3.8, 4) is 0 Å². The van der Waals surface area contributed by atoms with E-state index in [-0.39, 0.29) is 17.7 Å². The van der Waals surface area contributed by atoms with Crippen LogP contribution in [0.2, 0.25) is 0 Å². The molecule has 1 aromatic carbocycles. The first-order chi connectivity index (χ1) is 8.11. The molecule has 17 heavy (non-hydrogen) atoms. The van der Waals surface area contributed by atoms with Crippen LogP contribution >= 0.6 is 11.8 Å². The Hall–Kier alpha value is -0.610. The number of halogens is 2. The largest absolute Gasteiger partial charge is 0.306 e. The van der Waals surface area contributed by atoms with Crippen molar-refractivity contribution in [1.29, 1.82) is 0 Å². The molecule has 0 saturated carbocycles. The summed E-state index contributed by atoms with van der Waals surface area (Å²) < 4.78 is 27.3. The van der Waals surface area contributed by atoms with Gasteiger partial charge in [-0.25, -0.2) is 8.78 Å². The van der Waals surface area contributed by atoms with Crippen LogP contribution in [-0.4, -0.2) is 17.5 Å². The Balaban J connectivity index is 2.24. The van der Waals surface area contributed by atoms with E-state index in [0.29, 0.717) is 17.2 Å². The molecule has 0 amide bonds. The maximum absolute atomic E-state index is 13.8. The number of aryl methyl sites for hydroxylation is 1. The molecule has 0 aromatic heterocycles. The van der Waals surface area contributed by atoms with Gasteiger partial charge in [0.25, 0.3) is 0 Å². The van der Waals surface area contributed by atoms with E-state index in [4.69, 9.17) is 0 Å². The topological polar surface area (TPSA) is 12.0 Å². The minimum absolute atomic E-state index is 0.0752. The summed E-state index contributed by atoms with van der Waals surface area (Å²) in [7, 11) is 0. The van der Waals surface area contributed by atoms with Gasteiger partial charge in [0.1, 0.15) is 11.6 Å². The second-order valence-corrected chi connectivity index (χ2v) is 5.56. The van der Waals surface area contributed by atoms with Crippen molar-refractivity contribution in [2.75, 3.05) is 11.5 Å². The van der Waals surface area contributed by atoms with E-state index in [9.17, 15) is 8.78 Å². The average molecular weight is 257 g/mol. The van der Waals surface area contributed by atoms with Crippen LogP contribution in [0.25, 0.3) is 0 Å². The molecule has 0 radical (unpaired) electrons. The molecule has 0 spiro atoms. The van der Waals surface area contributed by atoms with E-state index in [1.54, 1.807) is 18.7 Å². The van der Waals surface area contributed by atoms with Gasteiger partial charge in [0.05, 0.1) is 0 Å². The van der Waals surface area contributed by atoms with E-state index < -0.39 is 0 Å². The molecule has 1 aliphatic rings. The number of benzene rings is 1. The number of hydrogen-bond donors (Lipinski definition) is 1. The fourth-order valence-electron chi connectivity index (χ4n) is 2.05. The monoisotopic (exact) mass is 257 g/mol. The van der Waals surface area contributed by atoms with Gasteiger partial charge in [-0.3, -0.25) is 0 Å². The maximum atomic E-state index is 13.8. The third-order valence-corrected chi connectivity index (χ3v) is 4.39. The van der Waals surface area contributed by atoms with Crippen LogP contribution in [-0.2, 0) is 0 Å². The highest BCUT2D eigenvalue weighted by molar-refractivity contribution is 7.99. The number of hydrogen-bond acceptors (Lipinski definition) is 2. The predicted molar refractivity (Wildman–Crippen MR) is 68.4 cm³/mol. The van der Waals surface area contributed by atoms with E-state index in [0.717, 1.165) is 17.9 Å². The normalized spacial score (nSPS) is 24.9. The van der Waals surface area contributed by atoms with Gasteiger partial charge in [-0.05, 0) is 31.0 Å². The zero-order chi connectivity index (χ0) is 12.4. The fraction of sp³-hybridized carbons (Fsp3) is 0.538. The summed E-state index contributed by atoms with van der Waals surface area (Å²) in [5, 5.41) is 3.38.